The highest BCUT2D eigenvalue weighted by Crippen LogP contribution is 2.15. The summed E-state index contributed by atoms with van der Waals surface area (Å²) in [5, 5.41) is 7.76. The summed E-state index contributed by atoms with van der Waals surface area (Å²) in [6.45, 7) is 6.08. The van der Waals surface area contributed by atoms with Gasteiger partial charge in [-0.1, -0.05) is 56.3 Å². The fraction of sp³-hybridized carbons (Fsp3) is 0.267. The lowest BCUT2D eigenvalue weighted by Gasteiger charge is -2.03. The van der Waals surface area contributed by atoms with E-state index in [0.717, 1.165) is 5.57 Å². The normalized spacial score (nSPS) is 12.4. The molecule has 1 rings (SSSR count). The molecule has 16 heavy (non-hydrogen) atoms. The van der Waals surface area contributed by atoms with Gasteiger partial charge in [0.05, 0.1) is 0 Å². The Morgan fingerprint density at radius 2 is 1.75 bits per heavy atom. The Kier molecular flexibility index (Phi) is 4.71. The van der Waals surface area contributed by atoms with Crippen LogP contribution in [0.15, 0.2) is 48.6 Å². The van der Waals surface area contributed by atoms with Crippen LogP contribution in [0, 0.1) is 11.3 Å². The lowest BCUT2D eigenvalue weighted by molar-refractivity contribution is 0.882. The molecule has 0 unspecified atom stereocenters. The van der Waals surface area contributed by atoms with Crippen molar-refractivity contribution < 1.29 is 0 Å². The minimum Gasteiger partial charge on any atom is -0.305 e. The van der Waals surface area contributed by atoms with Crippen molar-refractivity contribution in [1.29, 1.82) is 5.41 Å². The minimum absolute atomic E-state index is 0.283. The van der Waals surface area contributed by atoms with Crippen molar-refractivity contribution in [1.82, 2.24) is 0 Å². The molecule has 0 saturated heterocycles. The van der Waals surface area contributed by atoms with E-state index in [2.05, 4.69) is 18.2 Å². The highest BCUT2D eigenvalue weighted by atomic mass is 14.4. The molecule has 1 N–H and O–H groups in total. The summed E-state index contributed by atoms with van der Waals surface area (Å²) in [5.41, 5.74) is 3.01. The second-order valence-corrected chi connectivity index (χ2v) is 4.05. The zero-order valence-electron chi connectivity index (χ0n) is 10.2. The second-order valence-electron chi connectivity index (χ2n) is 4.05. The molecule has 1 heteroatoms. The smallest absolute Gasteiger partial charge is 0.0339 e. The zero-order valence-corrected chi connectivity index (χ0v) is 10.2. The Morgan fingerprint density at radius 3 is 2.25 bits per heavy atom. The molecule has 0 aliphatic carbocycles. The molecule has 0 amide bonds. The molecule has 0 heterocycles. The van der Waals surface area contributed by atoms with Crippen LogP contribution in [0.4, 0.5) is 0 Å². The van der Waals surface area contributed by atoms with Gasteiger partial charge in [-0.2, -0.15) is 0 Å². The molecular formula is C15H19N. The third kappa shape index (κ3) is 3.50. The molecule has 0 fully saturated rings. The SMILES string of the molecule is C/C=C(\C=C/C(=N)C(C)C)c1ccccc1. The Labute approximate surface area is 98.0 Å². The van der Waals surface area contributed by atoms with Gasteiger partial charge in [0.1, 0.15) is 0 Å². The Hall–Kier alpha value is -1.63. The van der Waals surface area contributed by atoms with Gasteiger partial charge >= 0.3 is 0 Å². The van der Waals surface area contributed by atoms with Crippen LogP contribution in [0.5, 0.6) is 0 Å². The van der Waals surface area contributed by atoms with Crippen molar-refractivity contribution in [3.63, 3.8) is 0 Å². The van der Waals surface area contributed by atoms with Crippen molar-refractivity contribution in [3.8, 4) is 0 Å². The van der Waals surface area contributed by atoms with Crippen molar-refractivity contribution in [3.05, 3.63) is 54.1 Å². The number of allylic oxidation sites excluding steroid dienone is 4. The molecule has 1 aromatic rings. The molecular weight excluding hydrogens is 194 g/mol. The zero-order chi connectivity index (χ0) is 12.0. The van der Waals surface area contributed by atoms with Crippen molar-refractivity contribution in [2.24, 2.45) is 5.92 Å². The average molecular weight is 213 g/mol. The lowest BCUT2D eigenvalue weighted by Crippen LogP contribution is -2.00. The molecule has 1 nitrogen and oxygen atoms in total. The maximum absolute atomic E-state index is 7.76. The van der Waals surface area contributed by atoms with Crippen molar-refractivity contribution in [2.75, 3.05) is 0 Å². The van der Waals surface area contributed by atoms with E-state index in [9.17, 15) is 0 Å². The Bertz CT molecular complexity index is 397. The quantitative estimate of drug-likeness (QED) is 0.569. The first-order valence-corrected chi connectivity index (χ1v) is 5.63. The molecule has 0 bridgehead atoms. The topological polar surface area (TPSA) is 23.9 Å². The minimum atomic E-state index is 0.283. The number of hydrogen-bond acceptors (Lipinski definition) is 1. The molecule has 0 aromatic heterocycles. The van der Waals surface area contributed by atoms with Crippen LogP contribution in [0.2, 0.25) is 0 Å². The Balaban J connectivity index is 2.83. The first kappa shape index (κ1) is 12.4. The van der Waals surface area contributed by atoms with Crippen LogP contribution < -0.4 is 0 Å². The molecule has 1 aromatic carbocycles. The highest BCUT2D eigenvalue weighted by Gasteiger charge is 1.99. The van der Waals surface area contributed by atoms with Gasteiger partial charge in [-0.15, -0.1) is 0 Å². The number of nitrogens with one attached hydrogen (secondary N) is 1. The summed E-state index contributed by atoms with van der Waals surface area (Å²) in [5.74, 6) is 0.283. The van der Waals surface area contributed by atoms with E-state index in [1.807, 2.05) is 51.1 Å². The van der Waals surface area contributed by atoms with Gasteiger partial charge < -0.3 is 5.41 Å². The standard InChI is InChI=1S/C15H19N/c1-4-13(10-11-15(16)12(2)3)14-8-6-5-7-9-14/h4-12,16H,1-3H3/b11-10-,13-4+,16-15?. The number of benzene rings is 1. The number of hydrogen-bond donors (Lipinski definition) is 1. The van der Waals surface area contributed by atoms with Crippen LogP contribution in [-0.4, -0.2) is 5.71 Å². The summed E-state index contributed by atoms with van der Waals surface area (Å²) in [4.78, 5) is 0. The van der Waals surface area contributed by atoms with Crippen molar-refractivity contribution in [2.45, 2.75) is 20.8 Å². The summed E-state index contributed by atoms with van der Waals surface area (Å²) < 4.78 is 0. The molecule has 0 aliphatic heterocycles. The monoisotopic (exact) mass is 213 g/mol. The van der Waals surface area contributed by atoms with E-state index in [1.54, 1.807) is 0 Å². The van der Waals surface area contributed by atoms with Gasteiger partial charge in [0.2, 0.25) is 0 Å². The second kappa shape index (κ2) is 6.06. The van der Waals surface area contributed by atoms with Crippen LogP contribution in [0.3, 0.4) is 0 Å². The summed E-state index contributed by atoms with van der Waals surface area (Å²) in [6.07, 6.45) is 5.96. The van der Waals surface area contributed by atoms with Gasteiger partial charge in [0, 0.05) is 5.71 Å². The maximum Gasteiger partial charge on any atom is 0.0339 e. The van der Waals surface area contributed by atoms with E-state index >= 15 is 0 Å². The first-order chi connectivity index (χ1) is 7.65. The fourth-order valence-corrected chi connectivity index (χ4v) is 1.36. The highest BCUT2D eigenvalue weighted by molar-refractivity contribution is 5.96. The molecule has 0 saturated carbocycles. The largest absolute Gasteiger partial charge is 0.305 e. The first-order valence-electron chi connectivity index (χ1n) is 5.63. The average Bonchev–Trinajstić information content (AvgIpc) is 2.30. The molecule has 0 aliphatic rings. The Morgan fingerprint density at radius 1 is 1.12 bits per heavy atom. The summed E-state index contributed by atoms with van der Waals surface area (Å²) in [7, 11) is 0. The van der Waals surface area contributed by atoms with E-state index in [-0.39, 0.29) is 5.92 Å². The van der Waals surface area contributed by atoms with Crippen LogP contribution in [-0.2, 0) is 0 Å². The van der Waals surface area contributed by atoms with Gasteiger partial charge in [-0.25, -0.2) is 0 Å². The van der Waals surface area contributed by atoms with E-state index in [0.29, 0.717) is 5.71 Å². The third-order valence-electron chi connectivity index (χ3n) is 2.48. The maximum atomic E-state index is 7.76. The third-order valence-corrected chi connectivity index (χ3v) is 2.48. The van der Waals surface area contributed by atoms with Gasteiger partial charge in [-0.3, -0.25) is 0 Å². The molecule has 0 spiro atoms. The van der Waals surface area contributed by atoms with E-state index < -0.39 is 0 Å². The van der Waals surface area contributed by atoms with Crippen LogP contribution >= 0.6 is 0 Å². The fourth-order valence-electron chi connectivity index (χ4n) is 1.36. The summed E-state index contributed by atoms with van der Waals surface area (Å²) >= 11 is 0. The lowest BCUT2D eigenvalue weighted by atomic mass is 10.0. The van der Waals surface area contributed by atoms with Gasteiger partial charge in [-0.05, 0) is 30.1 Å². The predicted octanol–water partition coefficient (Wildman–Crippen LogP) is 4.32. The van der Waals surface area contributed by atoms with E-state index in [4.69, 9.17) is 5.41 Å². The van der Waals surface area contributed by atoms with Crippen LogP contribution in [0.1, 0.15) is 26.3 Å². The molecule has 84 valence electrons. The van der Waals surface area contributed by atoms with Crippen LogP contribution in [0.25, 0.3) is 5.57 Å². The summed E-state index contributed by atoms with van der Waals surface area (Å²) in [6, 6.07) is 10.2. The van der Waals surface area contributed by atoms with Crippen molar-refractivity contribution >= 4 is 11.3 Å². The van der Waals surface area contributed by atoms with Gasteiger partial charge in [0.15, 0.2) is 0 Å². The van der Waals surface area contributed by atoms with Gasteiger partial charge in [0.25, 0.3) is 0 Å². The number of rotatable bonds is 4. The predicted molar refractivity (Wildman–Crippen MR) is 71.8 cm³/mol. The van der Waals surface area contributed by atoms with E-state index in [1.165, 1.54) is 5.56 Å². The molecule has 0 atom stereocenters. The molecule has 0 radical (unpaired) electrons.